The minimum atomic E-state index is -1.48. The number of carbonyl (C=O) groups is 2. The number of esters is 2. The molecule has 10 atom stereocenters. The third-order valence-electron chi connectivity index (χ3n) is 9.09. The lowest BCUT2D eigenvalue weighted by Crippen LogP contribution is -2.42. The first kappa shape index (κ1) is 37.6. The van der Waals surface area contributed by atoms with Gasteiger partial charge in [-0.2, -0.15) is 0 Å². The van der Waals surface area contributed by atoms with Gasteiger partial charge in [-0.3, -0.25) is 9.59 Å². The maximum absolute atomic E-state index is 12.8. The van der Waals surface area contributed by atoms with Crippen LogP contribution in [0.5, 0.6) is 0 Å². The number of allylic oxidation sites excluding steroid dienone is 2. The summed E-state index contributed by atoms with van der Waals surface area (Å²) in [5.41, 5.74) is -0.929. The molecule has 10 unspecified atom stereocenters. The molecule has 1 aromatic rings. The summed E-state index contributed by atoms with van der Waals surface area (Å²) in [5.74, 6) is -1.40. The zero-order chi connectivity index (χ0) is 34.1. The van der Waals surface area contributed by atoms with E-state index < -0.39 is 47.6 Å². The second-order valence-corrected chi connectivity index (χ2v) is 13.6. The van der Waals surface area contributed by atoms with Crippen LogP contribution in [0.15, 0.2) is 66.3 Å². The summed E-state index contributed by atoms with van der Waals surface area (Å²) in [4.78, 5) is 25.6. The molecule has 9 nitrogen and oxygen atoms in total. The predicted molar refractivity (Wildman–Crippen MR) is 176 cm³/mol. The van der Waals surface area contributed by atoms with Crippen molar-refractivity contribution in [1.29, 1.82) is 0 Å². The van der Waals surface area contributed by atoms with Crippen molar-refractivity contribution in [2.24, 2.45) is 11.8 Å². The molecule has 256 valence electrons. The van der Waals surface area contributed by atoms with Crippen LogP contribution in [-0.2, 0) is 30.2 Å². The molecule has 4 N–H and O–H groups in total. The van der Waals surface area contributed by atoms with Gasteiger partial charge in [0.05, 0.1) is 36.4 Å². The molecule has 0 radical (unpaired) electrons. The van der Waals surface area contributed by atoms with Crippen LogP contribution in [0.25, 0.3) is 0 Å². The van der Waals surface area contributed by atoms with Gasteiger partial charge in [0.2, 0.25) is 0 Å². The van der Waals surface area contributed by atoms with Gasteiger partial charge in [-0.1, -0.05) is 75.4 Å². The standard InChI is InChI=1S/C37H54O9/c1-7-29(39)26(4)35-30(44-35)23-36(5,42)20-11-12-24(2)34-25(3)15-17-31(37(6,43)21-19-28(38)22-33(41)46-34)45-32(40)18-16-27-13-9-8-10-14-27/h8-15,17,20,25-26,28-31,34-35,38-39,42-43H,7,16,18-19,21-23H2,1-6H3/b17-15-,20-11+,24-12+. The topological polar surface area (TPSA) is 146 Å². The van der Waals surface area contributed by atoms with Crippen molar-refractivity contribution in [3.05, 3.63) is 71.8 Å². The molecule has 1 fully saturated rings. The number of ether oxygens (including phenoxy) is 3. The normalized spacial score (nSPS) is 32.7. The maximum Gasteiger partial charge on any atom is 0.309 e. The smallest absolute Gasteiger partial charge is 0.309 e. The van der Waals surface area contributed by atoms with Crippen molar-refractivity contribution in [3.63, 3.8) is 0 Å². The third-order valence-corrected chi connectivity index (χ3v) is 9.09. The molecular formula is C37H54O9. The fraction of sp³-hybridized carbons (Fsp3) is 0.622. The van der Waals surface area contributed by atoms with Gasteiger partial charge in [-0.15, -0.1) is 0 Å². The Balaban J connectivity index is 1.73. The predicted octanol–water partition coefficient (Wildman–Crippen LogP) is 4.75. The van der Waals surface area contributed by atoms with E-state index in [-0.39, 0.29) is 49.7 Å². The Labute approximate surface area is 274 Å². The molecule has 0 amide bonds. The summed E-state index contributed by atoms with van der Waals surface area (Å²) < 4.78 is 17.3. The first-order valence-corrected chi connectivity index (χ1v) is 16.6. The van der Waals surface area contributed by atoms with Crippen molar-refractivity contribution < 1.29 is 44.2 Å². The minimum Gasteiger partial charge on any atom is -0.457 e. The van der Waals surface area contributed by atoms with E-state index >= 15 is 0 Å². The van der Waals surface area contributed by atoms with Gasteiger partial charge in [-0.25, -0.2) is 0 Å². The van der Waals surface area contributed by atoms with E-state index in [1.165, 1.54) is 0 Å². The van der Waals surface area contributed by atoms with E-state index in [9.17, 15) is 30.0 Å². The van der Waals surface area contributed by atoms with Gasteiger partial charge in [0.25, 0.3) is 0 Å². The molecule has 46 heavy (non-hydrogen) atoms. The summed E-state index contributed by atoms with van der Waals surface area (Å²) in [5, 5.41) is 43.0. The molecule has 0 bridgehead atoms. The van der Waals surface area contributed by atoms with Crippen molar-refractivity contribution in [2.75, 3.05) is 0 Å². The average molecular weight is 643 g/mol. The summed E-state index contributed by atoms with van der Waals surface area (Å²) in [6, 6.07) is 9.60. The van der Waals surface area contributed by atoms with Gasteiger partial charge < -0.3 is 34.6 Å². The molecule has 0 aromatic heterocycles. The Kier molecular flexibility index (Phi) is 13.8. The van der Waals surface area contributed by atoms with E-state index in [2.05, 4.69) is 0 Å². The lowest BCUT2D eigenvalue weighted by atomic mass is 9.88. The van der Waals surface area contributed by atoms with Crippen molar-refractivity contribution in [3.8, 4) is 0 Å². The molecule has 2 aliphatic heterocycles. The van der Waals surface area contributed by atoms with E-state index in [1.54, 1.807) is 44.2 Å². The molecule has 1 saturated heterocycles. The van der Waals surface area contributed by atoms with Crippen molar-refractivity contribution >= 4 is 11.9 Å². The molecule has 3 rings (SSSR count). The van der Waals surface area contributed by atoms with Crippen LogP contribution in [0.3, 0.4) is 0 Å². The van der Waals surface area contributed by atoms with Gasteiger partial charge >= 0.3 is 11.9 Å². The quantitative estimate of drug-likeness (QED) is 0.110. The van der Waals surface area contributed by atoms with Crippen LogP contribution in [0.1, 0.15) is 85.6 Å². The van der Waals surface area contributed by atoms with Crippen LogP contribution < -0.4 is 0 Å². The molecule has 2 aliphatic rings. The number of hydrogen-bond donors (Lipinski definition) is 4. The zero-order valence-electron chi connectivity index (χ0n) is 28.2. The minimum absolute atomic E-state index is 0.0122. The number of rotatable bonds is 12. The fourth-order valence-electron chi connectivity index (χ4n) is 5.89. The molecule has 1 aromatic carbocycles. The number of aryl methyl sites for hydroxylation is 1. The van der Waals surface area contributed by atoms with Gasteiger partial charge in [-0.05, 0) is 63.7 Å². The Morgan fingerprint density at radius 1 is 1.24 bits per heavy atom. The van der Waals surface area contributed by atoms with E-state index in [4.69, 9.17) is 14.2 Å². The van der Waals surface area contributed by atoms with Crippen molar-refractivity contribution in [1.82, 2.24) is 0 Å². The van der Waals surface area contributed by atoms with Crippen LogP contribution >= 0.6 is 0 Å². The lowest BCUT2D eigenvalue weighted by Gasteiger charge is -2.32. The molecule has 0 aliphatic carbocycles. The van der Waals surface area contributed by atoms with E-state index in [1.807, 2.05) is 58.0 Å². The Hall–Kier alpha value is -2.82. The molecule has 0 spiro atoms. The van der Waals surface area contributed by atoms with E-state index in [0.717, 1.165) is 5.56 Å². The van der Waals surface area contributed by atoms with Gasteiger partial charge in [0, 0.05) is 24.7 Å². The second-order valence-electron chi connectivity index (χ2n) is 13.6. The SMILES string of the molecule is CCC(O)C(C)C1OC1CC(C)(O)/C=C/C=C(\C)C1OC(=O)CC(O)CCC(C)(O)C(OC(=O)CCc2ccccc2)/C=C\C1C. The number of aliphatic hydroxyl groups is 4. The highest BCUT2D eigenvalue weighted by molar-refractivity contribution is 5.71. The van der Waals surface area contributed by atoms with Crippen LogP contribution in [0.2, 0.25) is 0 Å². The van der Waals surface area contributed by atoms with Crippen LogP contribution in [0.4, 0.5) is 0 Å². The number of benzene rings is 1. The number of epoxide rings is 1. The van der Waals surface area contributed by atoms with Gasteiger partial charge in [0.15, 0.2) is 0 Å². The van der Waals surface area contributed by atoms with Gasteiger partial charge in [0.1, 0.15) is 17.8 Å². The average Bonchev–Trinajstić information content (AvgIpc) is 3.76. The summed E-state index contributed by atoms with van der Waals surface area (Å²) in [6.07, 6.45) is 6.82. The first-order chi connectivity index (χ1) is 21.6. The third kappa shape index (κ3) is 11.8. The number of hydrogen-bond acceptors (Lipinski definition) is 9. The molecular weight excluding hydrogens is 588 g/mol. The van der Waals surface area contributed by atoms with E-state index in [0.29, 0.717) is 24.8 Å². The summed E-state index contributed by atoms with van der Waals surface area (Å²) in [7, 11) is 0. The highest BCUT2D eigenvalue weighted by Crippen LogP contribution is 2.37. The maximum atomic E-state index is 12.8. The van der Waals surface area contributed by atoms with Crippen LogP contribution in [-0.4, -0.2) is 80.2 Å². The molecule has 0 saturated carbocycles. The number of carbonyl (C=O) groups excluding carboxylic acids is 2. The second kappa shape index (κ2) is 16.8. The highest BCUT2D eigenvalue weighted by Gasteiger charge is 2.47. The van der Waals surface area contributed by atoms with Crippen LogP contribution in [0, 0.1) is 11.8 Å². The van der Waals surface area contributed by atoms with Crippen molar-refractivity contribution in [2.45, 2.75) is 134 Å². The fourth-order valence-corrected chi connectivity index (χ4v) is 5.89. The largest absolute Gasteiger partial charge is 0.457 e. The summed E-state index contributed by atoms with van der Waals surface area (Å²) >= 11 is 0. The molecule has 9 heteroatoms. The highest BCUT2D eigenvalue weighted by atomic mass is 16.6. The Morgan fingerprint density at radius 2 is 1.93 bits per heavy atom. The summed E-state index contributed by atoms with van der Waals surface area (Å²) in [6.45, 7) is 10.8. The number of cyclic esters (lactones) is 1. The Morgan fingerprint density at radius 3 is 2.61 bits per heavy atom. The zero-order valence-corrected chi connectivity index (χ0v) is 28.2. The molecule has 2 heterocycles. The Bertz CT molecular complexity index is 1220. The lowest BCUT2D eigenvalue weighted by molar-refractivity contribution is -0.159. The monoisotopic (exact) mass is 642 g/mol. The first-order valence-electron chi connectivity index (χ1n) is 16.6. The number of aliphatic hydroxyl groups excluding tert-OH is 2.